The van der Waals surface area contributed by atoms with Crippen LogP contribution in [0.15, 0.2) is 48.5 Å². The van der Waals surface area contributed by atoms with Crippen molar-refractivity contribution in [2.75, 3.05) is 18.0 Å². The lowest BCUT2D eigenvalue weighted by molar-refractivity contribution is 0.304. The number of nitrogens with zero attached hydrogens (tertiary/aromatic N) is 1. The molecule has 2 aromatic rings. The number of rotatable bonds is 4. The average molecular weight is 300 g/mol. The first-order valence-electron chi connectivity index (χ1n) is 7.69. The van der Waals surface area contributed by atoms with Crippen LogP contribution in [0.3, 0.4) is 0 Å². The zero-order valence-corrected chi connectivity index (χ0v) is 12.5. The van der Waals surface area contributed by atoms with Gasteiger partial charge in [0.15, 0.2) is 0 Å². The van der Waals surface area contributed by atoms with Gasteiger partial charge in [-0.1, -0.05) is 30.3 Å². The van der Waals surface area contributed by atoms with Gasteiger partial charge in [-0.25, -0.2) is 4.39 Å². The van der Waals surface area contributed by atoms with E-state index in [2.05, 4.69) is 0 Å². The topological polar surface area (TPSA) is 38.5 Å². The molecule has 2 aromatic carbocycles. The average Bonchev–Trinajstić information content (AvgIpc) is 2.54. The van der Waals surface area contributed by atoms with Gasteiger partial charge in [-0.05, 0) is 30.5 Å². The zero-order chi connectivity index (χ0) is 15.4. The van der Waals surface area contributed by atoms with Gasteiger partial charge in [0, 0.05) is 25.2 Å². The maximum absolute atomic E-state index is 14.3. The Hall–Kier alpha value is -2.07. The van der Waals surface area contributed by atoms with Crippen molar-refractivity contribution < 1.29 is 9.13 Å². The van der Waals surface area contributed by atoms with Crippen molar-refractivity contribution in [1.29, 1.82) is 0 Å². The molecule has 0 spiro atoms. The van der Waals surface area contributed by atoms with E-state index >= 15 is 0 Å². The number of hydrogen-bond donors (Lipinski definition) is 1. The molecule has 0 amide bonds. The fourth-order valence-electron chi connectivity index (χ4n) is 2.80. The molecule has 3 nitrogen and oxygen atoms in total. The highest BCUT2D eigenvalue weighted by Gasteiger charge is 2.19. The summed E-state index contributed by atoms with van der Waals surface area (Å²) in [5.74, 6) is 0.297. The molecule has 0 aliphatic carbocycles. The Morgan fingerprint density at radius 1 is 1.18 bits per heavy atom. The van der Waals surface area contributed by atoms with Gasteiger partial charge in [0.25, 0.3) is 0 Å². The molecule has 1 heterocycles. The summed E-state index contributed by atoms with van der Waals surface area (Å²) >= 11 is 0. The lowest BCUT2D eigenvalue weighted by Crippen LogP contribution is -2.43. The van der Waals surface area contributed by atoms with Gasteiger partial charge in [0.05, 0.1) is 5.69 Å². The Bertz CT molecular complexity index is 618. The Labute approximate surface area is 130 Å². The van der Waals surface area contributed by atoms with Crippen LogP contribution in [0, 0.1) is 5.82 Å². The Morgan fingerprint density at radius 3 is 2.73 bits per heavy atom. The van der Waals surface area contributed by atoms with Gasteiger partial charge in [-0.2, -0.15) is 0 Å². The first kappa shape index (κ1) is 14.9. The van der Waals surface area contributed by atoms with Crippen molar-refractivity contribution >= 4 is 5.69 Å². The standard InChI is InChI=1S/C18H21FN2O/c19-17-11-16(22-13-14-5-2-1-3-6-14)8-9-18(17)21-10-4-7-15(20)12-21/h1-3,5-6,8-9,11,15H,4,7,10,12-13,20H2. The minimum absolute atomic E-state index is 0.127. The van der Waals surface area contributed by atoms with Crippen LogP contribution < -0.4 is 15.4 Å². The van der Waals surface area contributed by atoms with E-state index in [4.69, 9.17) is 10.5 Å². The number of halogens is 1. The third-order valence-corrected chi connectivity index (χ3v) is 3.97. The number of ether oxygens (including phenoxy) is 1. The highest BCUT2D eigenvalue weighted by atomic mass is 19.1. The molecular weight excluding hydrogens is 279 g/mol. The lowest BCUT2D eigenvalue weighted by Gasteiger charge is -2.32. The molecule has 1 atom stereocenters. The van der Waals surface area contributed by atoms with E-state index in [1.54, 1.807) is 6.07 Å². The second-order valence-electron chi connectivity index (χ2n) is 5.74. The predicted octanol–water partition coefficient (Wildman–Crippen LogP) is 3.33. The van der Waals surface area contributed by atoms with Crippen LogP contribution >= 0.6 is 0 Å². The van der Waals surface area contributed by atoms with Crippen LogP contribution in [0.4, 0.5) is 10.1 Å². The number of hydrogen-bond acceptors (Lipinski definition) is 3. The Kier molecular flexibility index (Phi) is 4.59. The summed E-state index contributed by atoms with van der Waals surface area (Å²) in [6, 6.07) is 15.0. The molecule has 0 saturated carbocycles. The van der Waals surface area contributed by atoms with Crippen LogP contribution in [0.2, 0.25) is 0 Å². The first-order valence-corrected chi connectivity index (χ1v) is 7.69. The minimum Gasteiger partial charge on any atom is -0.489 e. The van der Waals surface area contributed by atoms with Gasteiger partial charge in [-0.15, -0.1) is 0 Å². The summed E-state index contributed by atoms with van der Waals surface area (Å²) in [5.41, 5.74) is 7.64. The van der Waals surface area contributed by atoms with Crippen molar-refractivity contribution in [3.8, 4) is 5.75 Å². The summed E-state index contributed by atoms with van der Waals surface area (Å²) in [4.78, 5) is 2.02. The molecule has 116 valence electrons. The van der Waals surface area contributed by atoms with Gasteiger partial charge in [-0.3, -0.25) is 0 Å². The number of benzene rings is 2. The summed E-state index contributed by atoms with van der Waals surface area (Å²) < 4.78 is 20.0. The molecule has 0 aromatic heterocycles. The molecule has 1 saturated heterocycles. The van der Waals surface area contributed by atoms with E-state index < -0.39 is 0 Å². The van der Waals surface area contributed by atoms with Gasteiger partial charge >= 0.3 is 0 Å². The lowest BCUT2D eigenvalue weighted by atomic mass is 10.1. The number of nitrogens with two attached hydrogens (primary N) is 1. The van der Waals surface area contributed by atoms with E-state index in [9.17, 15) is 4.39 Å². The number of piperidine rings is 1. The molecular formula is C18H21FN2O. The van der Waals surface area contributed by atoms with Gasteiger partial charge in [0.1, 0.15) is 18.2 Å². The fraction of sp³-hybridized carbons (Fsp3) is 0.333. The molecule has 1 aliphatic heterocycles. The highest BCUT2D eigenvalue weighted by Crippen LogP contribution is 2.26. The summed E-state index contributed by atoms with van der Waals surface area (Å²) in [7, 11) is 0. The SMILES string of the molecule is NC1CCCN(c2ccc(OCc3ccccc3)cc2F)C1. The molecule has 2 N–H and O–H groups in total. The van der Waals surface area contributed by atoms with Crippen molar-refractivity contribution in [3.05, 3.63) is 59.9 Å². The molecule has 0 radical (unpaired) electrons. The molecule has 3 rings (SSSR count). The van der Waals surface area contributed by atoms with E-state index in [0.717, 1.165) is 24.9 Å². The van der Waals surface area contributed by atoms with E-state index in [1.165, 1.54) is 6.07 Å². The maximum Gasteiger partial charge on any atom is 0.150 e. The van der Waals surface area contributed by atoms with Crippen molar-refractivity contribution in [2.24, 2.45) is 5.73 Å². The van der Waals surface area contributed by atoms with Gasteiger partial charge in [0.2, 0.25) is 0 Å². The minimum atomic E-state index is -0.250. The molecule has 1 fully saturated rings. The van der Waals surface area contributed by atoms with E-state index in [0.29, 0.717) is 24.6 Å². The van der Waals surface area contributed by atoms with Crippen LogP contribution in [0.1, 0.15) is 18.4 Å². The van der Waals surface area contributed by atoms with Crippen LogP contribution in [-0.4, -0.2) is 19.1 Å². The second kappa shape index (κ2) is 6.79. The fourth-order valence-corrected chi connectivity index (χ4v) is 2.80. The quantitative estimate of drug-likeness (QED) is 0.941. The summed E-state index contributed by atoms with van der Waals surface area (Å²) in [5, 5.41) is 0. The molecule has 0 bridgehead atoms. The predicted molar refractivity (Wildman–Crippen MR) is 86.6 cm³/mol. The molecule has 1 aliphatic rings. The smallest absolute Gasteiger partial charge is 0.150 e. The first-order chi connectivity index (χ1) is 10.7. The molecule has 22 heavy (non-hydrogen) atoms. The summed E-state index contributed by atoms with van der Waals surface area (Å²) in [6.07, 6.45) is 2.02. The summed E-state index contributed by atoms with van der Waals surface area (Å²) in [6.45, 7) is 2.00. The Morgan fingerprint density at radius 2 is 2.00 bits per heavy atom. The monoisotopic (exact) mass is 300 g/mol. The third-order valence-electron chi connectivity index (χ3n) is 3.97. The highest BCUT2D eigenvalue weighted by molar-refractivity contribution is 5.51. The van der Waals surface area contributed by atoms with Crippen molar-refractivity contribution in [3.63, 3.8) is 0 Å². The van der Waals surface area contributed by atoms with Crippen molar-refractivity contribution in [2.45, 2.75) is 25.5 Å². The normalized spacial score (nSPS) is 18.3. The van der Waals surface area contributed by atoms with Crippen LogP contribution in [0.5, 0.6) is 5.75 Å². The van der Waals surface area contributed by atoms with E-state index in [-0.39, 0.29) is 11.9 Å². The number of anilines is 1. The third kappa shape index (κ3) is 3.57. The van der Waals surface area contributed by atoms with Crippen molar-refractivity contribution in [1.82, 2.24) is 0 Å². The molecule has 1 unspecified atom stereocenters. The largest absolute Gasteiger partial charge is 0.489 e. The van der Waals surface area contributed by atoms with E-state index in [1.807, 2.05) is 41.3 Å². The van der Waals surface area contributed by atoms with Gasteiger partial charge < -0.3 is 15.4 Å². The zero-order valence-electron chi connectivity index (χ0n) is 12.5. The molecule has 4 heteroatoms. The second-order valence-corrected chi connectivity index (χ2v) is 5.74. The van der Waals surface area contributed by atoms with Crippen LogP contribution in [0.25, 0.3) is 0 Å². The van der Waals surface area contributed by atoms with Crippen LogP contribution in [-0.2, 0) is 6.61 Å². The maximum atomic E-state index is 14.3. The Balaban J connectivity index is 1.66.